The number of benzene rings is 2. The molecule has 1 saturated carbocycles. The third kappa shape index (κ3) is 3.70. The monoisotopic (exact) mass is 349 g/mol. The van der Waals surface area contributed by atoms with Gasteiger partial charge in [0.15, 0.2) is 11.6 Å². The average Bonchev–Trinajstić information content (AvgIpc) is 3.04. The highest BCUT2D eigenvalue weighted by Gasteiger charge is 2.23. The summed E-state index contributed by atoms with van der Waals surface area (Å²) in [5.41, 5.74) is 1.09. The van der Waals surface area contributed by atoms with E-state index >= 15 is 0 Å². The molecule has 1 fully saturated rings. The second-order valence-corrected chi connectivity index (χ2v) is 7.74. The first-order valence-corrected chi connectivity index (χ1v) is 9.49. The Hall–Kier alpha value is -2.08. The summed E-state index contributed by atoms with van der Waals surface area (Å²) >= 11 is 0. The summed E-state index contributed by atoms with van der Waals surface area (Å²) in [5, 5.41) is 0. The summed E-state index contributed by atoms with van der Waals surface area (Å²) in [6, 6.07) is 10.7. The topological polar surface area (TPSA) is 55.4 Å². The fourth-order valence-corrected chi connectivity index (χ4v) is 3.87. The van der Waals surface area contributed by atoms with Gasteiger partial charge < -0.3 is 4.74 Å². The van der Waals surface area contributed by atoms with E-state index < -0.39 is 15.8 Å². The molecule has 2 aromatic rings. The Kier molecular flexibility index (Phi) is 4.76. The zero-order valence-corrected chi connectivity index (χ0v) is 14.3. The number of aryl methyl sites for hydroxylation is 1. The minimum Gasteiger partial charge on any atom is -0.485 e. The van der Waals surface area contributed by atoms with Crippen LogP contribution in [-0.2, 0) is 10.0 Å². The molecule has 0 bridgehead atoms. The van der Waals surface area contributed by atoms with Crippen LogP contribution in [0.15, 0.2) is 47.4 Å². The molecule has 1 aliphatic rings. The van der Waals surface area contributed by atoms with Gasteiger partial charge in [-0.3, -0.25) is 4.72 Å². The van der Waals surface area contributed by atoms with Crippen LogP contribution >= 0.6 is 0 Å². The lowest BCUT2D eigenvalue weighted by Crippen LogP contribution is -2.17. The molecule has 0 aliphatic heterocycles. The van der Waals surface area contributed by atoms with Gasteiger partial charge >= 0.3 is 0 Å². The van der Waals surface area contributed by atoms with Crippen molar-refractivity contribution in [2.75, 3.05) is 4.72 Å². The lowest BCUT2D eigenvalue weighted by atomic mass is 10.2. The minimum absolute atomic E-state index is 0.0277. The van der Waals surface area contributed by atoms with Crippen LogP contribution in [0.3, 0.4) is 0 Å². The maximum atomic E-state index is 14.2. The van der Waals surface area contributed by atoms with Crippen LogP contribution in [-0.4, -0.2) is 14.5 Å². The van der Waals surface area contributed by atoms with Crippen LogP contribution in [0.4, 0.5) is 10.1 Å². The molecule has 6 heteroatoms. The SMILES string of the molecule is Cc1ccc(S(=O)(=O)Nc2cccc(F)c2OC2CCCC2)cc1. The Bertz CT molecular complexity index is 813. The first-order valence-electron chi connectivity index (χ1n) is 8.00. The highest BCUT2D eigenvalue weighted by molar-refractivity contribution is 7.92. The molecule has 0 radical (unpaired) electrons. The number of nitrogens with one attached hydrogen (secondary N) is 1. The number of hydrogen-bond donors (Lipinski definition) is 1. The van der Waals surface area contributed by atoms with Crippen LogP contribution in [0.5, 0.6) is 5.75 Å². The van der Waals surface area contributed by atoms with Crippen molar-refractivity contribution < 1.29 is 17.5 Å². The summed E-state index contributed by atoms with van der Waals surface area (Å²) in [6.07, 6.45) is 3.74. The second kappa shape index (κ2) is 6.81. The maximum Gasteiger partial charge on any atom is 0.262 e. The van der Waals surface area contributed by atoms with Crippen molar-refractivity contribution in [1.82, 2.24) is 0 Å². The van der Waals surface area contributed by atoms with E-state index in [-0.39, 0.29) is 22.4 Å². The molecule has 0 atom stereocenters. The second-order valence-electron chi connectivity index (χ2n) is 6.06. The summed E-state index contributed by atoms with van der Waals surface area (Å²) in [5.74, 6) is -0.592. The minimum atomic E-state index is -3.80. The number of anilines is 1. The molecule has 3 rings (SSSR count). The van der Waals surface area contributed by atoms with Crippen LogP contribution in [0.2, 0.25) is 0 Å². The van der Waals surface area contributed by atoms with E-state index in [1.807, 2.05) is 6.92 Å². The summed E-state index contributed by atoms with van der Waals surface area (Å²) in [6.45, 7) is 1.88. The first-order chi connectivity index (χ1) is 11.5. The Morgan fingerprint density at radius 1 is 1.08 bits per heavy atom. The van der Waals surface area contributed by atoms with Gasteiger partial charge in [0, 0.05) is 0 Å². The van der Waals surface area contributed by atoms with Crippen molar-refractivity contribution in [3.05, 3.63) is 53.8 Å². The van der Waals surface area contributed by atoms with Gasteiger partial charge in [0.05, 0.1) is 16.7 Å². The number of halogens is 1. The standard InChI is InChI=1S/C18H20FNO3S/c1-13-9-11-15(12-10-13)24(21,22)20-17-8-4-7-16(19)18(17)23-14-5-2-3-6-14/h4,7-12,14,20H,2-3,5-6H2,1H3. The van der Waals surface area contributed by atoms with Gasteiger partial charge in [-0.15, -0.1) is 0 Å². The number of rotatable bonds is 5. The van der Waals surface area contributed by atoms with Crippen LogP contribution in [0.1, 0.15) is 31.2 Å². The molecular formula is C18H20FNO3S. The normalized spacial score (nSPS) is 15.4. The number of para-hydroxylation sites is 1. The Balaban J connectivity index is 1.88. The Morgan fingerprint density at radius 3 is 2.42 bits per heavy atom. The molecule has 128 valence electrons. The van der Waals surface area contributed by atoms with E-state index in [9.17, 15) is 12.8 Å². The molecule has 2 aromatic carbocycles. The third-order valence-corrected chi connectivity index (χ3v) is 5.51. The van der Waals surface area contributed by atoms with Crippen LogP contribution < -0.4 is 9.46 Å². The summed E-state index contributed by atoms with van der Waals surface area (Å²) in [7, 11) is -3.80. The maximum absolute atomic E-state index is 14.2. The highest BCUT2D eigenvalue weighted by atomic mass is 32.2. The fraction of sp³-hybridized carbons (Fsp3) is 0.333. The van der Waals surface area contributed by atoms with E-state index in [0.717, 1.165) is 31.2 Å². The van der Waals surface area contributed by atoms with Crippen molar-refractivity contribution >= 4 is 15.7 Å². The van der Waals surface area contributed by atoms with Crippen molar-refractivity contribution in [3.63, 3.8) is 0 Å². The smallest absolute Gasteiger partial charge is 0.262 e. The van der Waals surface area contributed by atoms with Crippen molar-refractivity contribution in [1.29, 1.82) is 0 Å². The zero-order chi connectivity index (χ0) is 17.2. The zero-order valence-electron chi connectivity index (χ0n) is 13.5. The van der Waals surface area contributed by atoms with Gasteiger partial charge in [-0.25, -0.2) is 12.8 Å². The average molecular weight is 349 g/mol. The molecule has 0 aromatic heterocycles. The molecule has 4 nitrogen and oxygen atoms in total. The lowest BCUT2D eigenvalue weighted by Gasteiger charge is -2.18. The highest BCUT2D eigenvalue weighted by Crippen LogP contribution is 2.33. The molecule has 0 heterocycles. The molecule has 0 saturated heterocycles. The van der Waals surface area contributed by atoms with Gasteiger partial charge in [-0.2, -0.15) is 0 Å². The predicted molar refractivity (Wildman–Crippen MR) is 91.3 cm³/mol. The summed E-state index contributed by atoms with van der Waals surface area (Å²) in [4.78, 5) is 0.129. The van der Waals surface area contributed by atoms with E-state index in [4.69, 9.17) is 4.74 Å². The van der Waals surface area contributed by atoms with Crippen LogP contribution in [0, 0.1) is 12.7 Å². The van der Waals surface area contributed by atoms with Gasteiger partial charge in [-0.05, 0) is 56.9 Å². The number of sulfonamides is 1. The molecule has 0 unspecified atom stereocenters. The lowest BCUT2D eigenvalue weighted by molar-refractivity contribution is 0.202. The fourth-order valence-electron chi connectivity index (χ4n) is 2.80. The van der Waals surface area contributed by atoms with Gasteiger partial charge in [0.1, 0.15) is 0 Å². The quantitative estimate of drug-likeness (QED) is 0.878. The Morgan fingerprint density at radius 2 is 1.75 bits per heavy atom. The predicted octanol–water partition coefficient (Wildman–Crippen LogP) is 4.26. The first kappa shape index (κ1) is 16.8. The Labute approximate surface area is 141 Å². The third-order valence-electron chi connectivity index (χ3n) is 4.13. The molecule has 0 spiro atoms. The van der Waals surface area contributed by atoms with E-state index in [0.29, 0.717) is 0 Å². The molecule has 0 amide bonds. The van der Waals surface area contributed by atoms with E-state index in [1.165, 1.54) is 30.3 Å². The number of ether oxygens (including phenoxy) is 1. The molecule has 24 heavy (non-hydrogen) atoms. The van der Waals surface area contributed by atoms with E-state index in [1.54, 1.807) is 12.1 Å². The van der Waals surface area contributed by atoms with Crippen molar-refractivity contribution in [2.24, 2.45) is 0 Å². The molecular weight excluding hydrogens is 329 g/mol. The van der Waals surface area contributed by atoms with Crippen molar-refractivity contribution in [2.45, 2.75) is 43.6 Å². The van der Waals surface area contributed by atoms with E-state index in [2.05, 4.69) is 4.72 Å². The largest absolute Gasteiger partial charge is 0.485 e. The van der Waals surface area contributed by atoms with Gasteiger partial charge in [-0.1, -0.05) is 23.8 Å². The number of hydrogen-bond acceptors (Lipinski definition) is 3. The van der Waals surface area contributed by atoms with Gasteiger partial charge in [0.25, 0.3) is 10.0 Å². The molecule has 1 aliphatic carbocycles. The summed E-state index contributed by atoms with van der Waals surface area (Å²) < 4.78 is 47.4. The van der Waals surface area contributed by atoms with Crippen molar-refractivity contribution in [3.8, 4) is 5.75 Å². The van der Waals surface area contributed by atoms with Crippen LogP contribution in [0.25, 0.3) is 0 Å². The van der Waals surface area contributed by atoms with Gasteiger partial charge in [0.2, 0.25) is 0 Å². The molecule has 1 N–H and O–H groups in total.